The second-order valence-corrected chi connectivity index (χ2v) is 4.97. The Morgan fingerprint density at radius 3 is 3.00 bits per heavy atom. The Bertz CT molecular complexity index is 328. The van der Waals surface area contributed by atoms with Gasteiger partial charge in [-0.3, -0.25) is 4.98 Å². The maximum absolute atomic E-state index is 9.76. The molecular formula is C11H15BrN2O. The second-order valence-electron chi connectivity index (χ2n) is 4.05. The third kappa shape index (κ3) is 3.89. The lowest BCUT2D eigenvalue weighted by molar-refractivity contribution is 0.171. The lowest BCUT2D eigenvalue weighted by atomic mass is 10.1. The summed E-state index contributed by atoms with van der Waals surface area (Å²) in [6.07, 6.45) is 6.40. The van der Waals surface area contributed by atoms with E-state index >= 15 is 0 Å². The first kappa shape index (κ1) is 11.0. The standard InChI is InChI=1S/C11H15BrN2O/c12-9-3-8(5-13-6-9)4-11(15)7-14-10-1-2-10/h3,5-6,10-11,14-15H,1-2,4,7H2. The molecule has 0 aliphatic heterocycles. The molecular weight excluding hydrogens is 256 g/mol. The minimum atomic E-state index is -0.318. The monoisotopic (exact) mass is 270 g/mol. The number of aliphatic hydroxyl groups excluding tert-OH is 1. The fourth-order valence-electron chi connectivity index (χ4n) is 1.50. The van der Waals surface area contributed by atoms with Crippen LogP contribution in [0.3, 0.4) is 0 Å². The molecule has 0 amide bonds. The molecule has 1 aliphatic rings. The van der Waals surface area contributed by atoms with Crippen LogP contribution in [0.15, 0.2) is 22.9 Å². The summed E-state index contributed by atoms with van der Waals surface area (Å²) < 4.78 is 0.961. The van der Waals surface area contributed by atoms with Crippen LogP contribution in [-0.4, -0.2) is 28.8 Å². The highest BCUT2D eigenvalue weighted by Gasteiger charge is 2.21. The highest BCUT2D eigenvalue weighted by atomic mass is 79.9. The number of aliphatic hydroxyl groups is 1. The van der Waals surface area contributed by atoms with Gasteiger partial charge in [-0.1, -0.05) is 0 Å². The van der Waals surface area contributed by atoms with E-state index in [4.69, 9.17) is 0 Å². The van der Waals surface area contributed by atoms with Crippen LogP contribution < -0.4 is 5.32 Å². The SMILES string of the molecule is OC(CNC1CC1)Cc1cncc(Br)c1. The normalized spacial score (nSPS) is 17.7. The quantitative estimate of drug-likeness (QED) is 0.853. The summed E-state index contributed by atoms with van der Waals surface area (Å²) in [6.45, 7) is 0.678. The summed E-state index contributed by atoms with van der Waals surface area (Å²) >= 11 is 3.36. The van der Waals surface area contributed by atoms with Gasteiger partial charge in [0, 0.05) is 35.9 Å². The topological polar surface area (TPSA) is 45.1 Å². The Morgan fingerprint density at radius 2 is 2.33 bits per heavy atom. The van der Waals surface area contributed by atoms with Crippen LogP contribution in [0.1, 0.15) is 18.4 Å². The molecule has 15 heavy (non-hydrogen) atoms. The molecule has 1 atom stereocenters. The molecule has 0 saturated heterocycles. The van der Waals surface area contributed by atoms with E-state index in [0.29, 0.717) is 19.0 Å². The van der Waals surface area contributed by atoms with Crippen LogP contribution in [0, 0.1) is 0 Å². The zero-order chi connectivity index (χ0) is 10.7. The van der Waals surface area contributed by atoms with Crippen molar-refractivity contribution in [2.75, 3.05) is 6.54 Å². The van der Waals surface area contributed by atoms with E-state index in [0.717, 1.165) is 10.0 Å². The van der Waals surface area contributed by atoms with E-state index in [1.165, 1.54) is 12.8 Å². The number of nitrogens with zero attached hydrogens (tertiary/aromatic N) is 1. The molecule has 4 heteroatoms. The van der Waals surface area contributed by atoms with Crippen molar-refractivity contribution in [1.82, 2.24) is 10.3 Å². The van der Waals surface area contributed by atoms with Gasteiger partial charge in [0.25, 0.3) is 0 Å². The fraction of sp³-hybridized carbons (Fsp3) is 0.545. The second kappa shape index (κ2) is 5.05. The van der Waals surface area contributed by atoms with Gasteiger partial charge in [-0.15, -0.1) is 0 Å². The number of halogens is 1. The lowest BCUT2D eigenvalue weighted by Crippen LogP contribution is -2.29. The van der Waals surface area contributed by atoms with Gasteiger partial charge in [0.15, 0.2) is 0 Å². The van der Waals surface area contributed by atoms with Gasteiger partial charge in [-0.25, -0.2) is 0 Å². The predicted molar refractivity (Wildman–Crippen MR) is 62.7 cm³/mol. The molecule has 1 saturated carbocycles. The summed E-state index contributed by atoms with van der Waals surface area (Å²) in [6, 6.07) is 2.65. The van der Waals surface area contributed by atoms with E-state index in [2.05, 4.69) is 26.2 Å². The molecule has 0 aromatic carbocycles. The number of nitrogens with one attached hydrogen (secondary N) is 1. The van der Waals surface area contributed by atoms with Crippen molar-refractivity contribution < 1.29 is 5.11 Å². The van der Waals surface area contributed by atoms with Crippen LogP contribution in [0.2, 0.25) is 0 Å². The first-order valence-electron chi connectivity index (χ1n) is 5.25. The van der Waals surface area contributed by atoms with Gasteiger partial charge in [0.05, 0.1) is 6.10 Å². The molecule has 3 nitrogen and oxygen atoms in total. The Kier molecular flexibility index (Phi) is 3.72. The van der Waals surface area contributed by atoms with Gasteiger partial charge in [-0.2, -0.15) is 0 Å². The Hall–Kier alpha value is -0.450. The summed E-state index contributed by atoms with van der Waals surface area (Å²) in [4.78, 5) is 4.07. The molecule has 0 radical (unpaired) electrons. The van der Waals surface area contributed by atoms with Crippen molar-refractivity contribution in [3.8, 4) is 0 Å². The maximum atomic E-state index is 9.76. The summed E-state index contributed by atoms with van der Waals surface area (Å²) in [5, 5.41) is 13.1. The Labute approximate surface area is 98.0 Å². The summed E-state index contributed by atoms with van der Waals surface area (Å²) in [5.41, 5.74) is 1.06. The summed E-state index contributed by atoms with van der Waals surface area (Å²) in [7, 11) is 0. The van der Waals surface area contributed by atoms with E-state index in [9.17, 15) is 5.11 Å². The molecule has 1 aliphatic carbocycles. The average molecular weight is 271 g/mol. The van der Waals surface area contributed by atoms with Gasteiger partial charge < -0.3 is 10.4 Å². The molecule has 1 fully saturated rings. The highest BCUT2D eigenvalue weighted by molar-refractivity contribution is 9.10. The molecule has 1 heterocycles. The molecule has 1 aromatic heterocycles. The Balaban J connectivity index is 1.79. The Morgan fingerprint density at radius 1 is 1.53 bits per heavy atom. The predicted octanol–water partition coefficient (Wildman–Crippen LogP) is 1.50. The largest absolute Gasteiger partial charge is 0.391 e. The number of hydrogen-bond acceptors (Lipinski definition) is 3. The summed E-state index contributed by atoms with van der Waals surface area (Å²) in [5.74, 6) is 0. The lowest BCUT2D eigenvalue weighted by Gasteiger charge is -2.11. The zero-order valence-corrected chi connectivity index (χ0v) is 10.1. The number of aromatic nitrogens is 1. The third-order valence-electron chi connectivity index (χ3n) is 2.45. The molecule has 0 spiro atoms. The molecule has 0 bridgehead atoms. The maximum Gasteiger partial charge on any atom is 0.0705 e. The van der Waals surface area contributed by atoms with Crippen molar-refractivity contribution >= 4 is 15.9 Å². The molecule has 82 valence electrons. The average Bonchev–Trinajstić information content (AvgIpc) is 2.98. The number of pyridine rings is 1. The van der Waals surface area contributed by atoms with Crippen LogP contribution in [0.5, 0.6) is 0 Å². The van der Waals surface area contributed by atoms with Crippen LogP contribution in [0.4, 0.5) is 0 Å². The third-order valence-corrected chi connectivity index (χ3v) is 2.89. The molecule has 1 aromatic rings. The van der Waals surface area contributed by atoms with Gasteiger partial charge in [0.1, 0.15) is 0 Å². The van der Waals surface area contributed by atoms with E-state index < -0.39 is 0 Å². The van der Waals surface area contributed by atoms with Crippen LogP contribution in [0.25, 0.3) is 0 Å². The first-order valence-corrected chi connectivity index (χ1v) is 6.04. The number of hydrogen-bond donors (Lipinski definition) is 2. The van der Waals surface area contributed by atoms with Gasteiger partial charge >= 0.3 is 0 Å². The smallest absolute Gasteiger partial charge is 0.0705 e. The van der Waals surface area contributed by atoms with Crippen molar-refractivity contribution in [2.45, 2.75) is 31.4 Å². The minimum absolute atomic E-state index is 0.318. The van der Waals surface area contributed by atoms with E-state index in [-0.39, 0.29) is 6.10 Å². The molecule has 2 rings (SSSR count). The van der Waals surface area contributed by atoms with E-state index in [1.54, 1.807) is 12.4 Å². The van der Waals surface area contributed by atoms with Crippen LogP contribution in [-0.2, 0) is 6.42 Å². The highest BCUT2D eigenvalue weighted by Crippen LogP contribution is 2.18. The molecule has 1 unspecified atom stereocenters. The zero-order valence-electron chi connectivity index (χ0n) is 8.49. The fourth-order valence-corrected chi connectivity index (χ4v) is 1.91. The van der Waals surface area contributed by atoms with Gasteiger partial charge in [0.2, 0.25) is 0 Å². The van der Waals surface area contributed by atoms with Gasteiger partial charge in [-0.05, 0) is 40.4 Å². The van der Waals surface area contributed by atoms with Crippen molar-refractivity contribution in [3.63, 3.8) is 0 Å². The number of rotatable bonds is 5. The van der Waals surface area contributed by atoms with Crippen molar-refractivity contribution in [2.24, 2.45) is 0 Å². The van der Waals surface area contributed by atoms with Crippen molar-refractivity contribution in [3.05, 3.63) is 28.5 Å². The molecule has 2 N–H and O–H groups in total. The first-order chi connectivity index (χ1) is 7.24. The minimum Gasteiger partial charge on any atom is -0.391 e. The van der Waals surface area contributed by atoms with Crippen molar-refractivity contribution in [1.29, 1.82) is 0 Å². The van der Waals surface area contributed by atoms with Crippen LogP contribution >= 0.6 is 15.9 Å². The van der Waals surface area contributed by atoms with E-state index in [1.807, 2.05) is 6.07 Å².